The minimum atomic E-state index is -0.383. The molecule has 2 fully saturated rings. The number of fused-ring (bicyclic) bond motifs is 3. The van der Waals surface area contributed by atoms with Crippen LogP contribution in [0, 0.1) is 11.8 Å². The van der Waals surface area contributed by atoms with Crippen LogP contribution in [-0.2, 0) is 15.1 Å². The smallest absolute Gasteiger partial charge is 0.154 e. The summed E-state index contributed by atoms with van der Waals surface area (Å²) in [6.45, 7) is 1.32. The van der Waals surface area contributed by atoms with Gasteiger partial charge < -0.3 is 9.47 Å². The van der Waals surface area contributed by atoms with Gasteiger partial charge in [0.2, 0.25) is 0 Å². The molecule has 1 saturated heterocycles. The fourth-order valence-electron chi connectivity index (χ4n) is 5.11. The first kappa shape index (κ1) is 14.3. The second-order valence-electron chi connectivity index (χ2n) is 7.05. The van der Waals surface area contributed by atoms with E-state index in [4.69, 9.17) is 9.47 Å². The van der Waals surface area contributed by atoms with Crippen LogP contribution in [0.4, 0.5) is 0 Å². The van der Waals surface area contributed by atoms with Crippen molar-refractivity contribution in [1.29, 1.82) is 0 Å². The summed E-state index contributed by atoms with van der Waals surface area (Å²) >= 11 is 0. The lowest BCUT2D eigenvalue weighted by atomic mass is 9.79. The molecule has 0 spiro atoms. The molecule has 0 amide bonds. The van der Waals surface area contributed by atoms with Crippen molar-refractivity contribution in [2.45, 2.75) is 24.9 Å². The molecule has 0 bridgehead atoms. The van der Waals surface area contributed by atoms with Gasteiger partial charge >= 0.3 is 0 Å². The largest absolute Gasteiger partial charge is 0.492 e. The standard InChI is InChI=1S/C22H22O2/c1-3-8-16(9-4-1)20-18-12-7-13-19(18)22(17-10-5-2-6-11-17)21(20)23-14-15-24-22/h1-6,8-11,18-19H,7,12-15H2/t18-,19+,22+/m0/s1. The SMILES string of the molecule is c1ccc(C2=C3OCCO[C@]3(c3ccccc3)[C@@H]3CCC[C@H]23)cc1. The average molecular weight is 318 g/mol. The van der Waals surface area contributed by atoms with Gasteiger partial charge in [-0.15, -0.1) is 0 Å². The maximum atomic E-state index is 6.56. The number of benzene rings is 2. The van der Waals surface area contributed by atoms with Crippen molar-refractivity contribution >= 4 is 5.57 Å². The highest BCUT2D eigenvalue weighted by Crippen LogP contribution is 2.62. The number of hydrogen-bond donors (Lipinski definition) is 0. The maximum absolute atomic E-state index is 6.56. The molecule has 1 saturated carbocycles. The molecule has 0 aromatic heterocycles. The summed E-state index contributed by atoms with van der Waals surface area (Å²) in [5.74, 6) is 2.12. The fourth-order valence-corrected chi connectivity index (χ4v) is 5.11. The molecule has 3 atom stereocenters. The maximum Gasteiger partial charge on any atom is 0.154 e. The molecule has 1 heterocycles. The van der Waals surface area contributed by atoms with Crippen molar-refractivity contribution in [3.05, 3.63) is 77.5 Å². The van der Waals surface area contributed by atoms with E-state index >= 15 is 0 Å². The van der Waals surface area contributed by atoms with E-state index in [0.29, 0.717) is 25.0 Å². The minimum Gasteiger partial charge on any atom is -0.492 e. The Kier molecular flexibility index (Phi) is 3.27. The van der Waals surface area contributed by atoms with Gasteiger partial charge in [-0.1, -0.05) is 67.1 Å². The van der Waals surface area contributed by atoms with Gasteiger partial charge in [-0.05, 0) is 29.9 Å². The highest BCUT2D eigenvalue weighted by molar-refractivity contribution is 5.75. The quantitative estimate of drug-likeness (QED) is 0.794. The number of rotatable bonds is 2. The molecule has 122 valence electrons. The van der Waals surface area contributed by atoms with E-state index < -0.39 is 0 Å². The second kappa shape index (κ2) is 5.49. The zero-order chi connectivity index (χ0) is 16.0. The van der Waals surface area contributed by atoms with Crippen LogP contribution in [0.1, 0.15) is 30.4 Å². The predicted octanol–water partition coefficient (Wildman–Crippen LogP) is 4.77. The molecule has 2 aromatic rings. The Morgan fingerprint density at radius 2 is 1.58 bits per heavy atom. The molecule has 0 N–H and O–H groups in total. The van der Waals surface area contributed by atoms with Crippen molar-refractivity contribution in [3.63, 3.8) is 0 Å². The van der Waals surface area contributed by atoms with E-state index in [1.807, 2.05) is 0 Å². The summed E-state index contributed by atoms with van der Waals surface area (Å²) in [6.07, 6.45) is 3.72. The first-order valence-corrected chi connectivity index (χ1v) is 9.03. The minimum absolute atomic E-state index is 0.383. The summed E-state index contributed by atoms with van der Waals surface area (Å²) in [5.41, 5.74) is 3.56. The van der Waals surface area contributed by atoms with E-state index in [2.05, 4.69) is 60.7 Å². The van der Waals surface area contributed by atoms with Gasteiger partial charge in [-0.25, -0.2) is 0 Å². The molecular formula is C22H22O2. The van der Waals surface area contributed by atoms with E-state index in [9.17, 15) is 0 Å². The van der Waals surface area contributed by atoms with Gasteiger partial charge in [0.25, 0.3) is 0 Å². The first-order valence-electron chi connectivity index (χ1n) is 9.03. The van der Waals surface area contributed by atoms with Gasteiger partial charge in [-0.2, -0.15) is 0 Å². The average Bonchev–Trinajstić information content (AvgIpc) is 3.23. The van der Waals surface area contributed by atoms with Crippen molar-refractivity contribution in [2.75, 3.05) is 13.2 Å². The van der Waals surface area contributed by atoms with Crippen LogP contribution in [0.25, 0.3) is 5.57 Å². The highest BCUT2D eigenvalue weighted by atomic mass is 16.6. The van der Waals surface area contributed by atoms with Crippen molar-refractivity contribution in [3.8, 4) is 0 Å². The monoisotopic (exact) mass is 318 g/mol. The van der Waals surface area contributed by atoms with Crippen molar-refractivity contribution < 1.29 is 9.47 Å². The van der Waals surface area contributed by atoms with Crippen LogP contribution < -0.4 is 0 Å². The molecule has 2 aromatic carbocycles. The molecule has 0 radical (unpaired) electrons. The van der Waals surface area contributed by atoms with E-state index in [1.165, 1.54) is 36.0 Å². The molecule has 1 aliphatic heterocycles. The lowest BCUT2D eigenvalue weighted by Gasteiger charge is -2.41. The van der Waals surface area contributed by atoms with Gasteiger partial charge in [0.05, 0.1) is 6.61 Å². The zero-order valence-electron chi connectivity index (χ0n) is 13.8. The molecule has 2 nitrogen and oxygen atoms in total. The molecule has 2 heteroatoms. The van der Waals surface area contributed by atoms with Crippen LogP contribution in [0.5, 0.6) is 0 Å². The number of ether oxygens (including phenoxy) is 2. The molecule has 5 rings (SSSR count). The summed E-state index contributed by atoms with van der Waals surface area (Å²) in [5, 5.41) is 0. The third-order valence-corrected chi connectivity index (χ3v) is 5.94. The number of hydrogen-bond acceptors (Lipinski definition) is 2. The van der Waals surface area contributed by atoms with E-state index in [1.54, 1.807) is 0 Å². The summed E-state index contributed by atoms with van der Waals surface area (Å²) < 4.78 is 12.9. The van der Waals surface area contributed by atoms with Crippen LogP contribution in [0.15, 0.2) is 66.4 Å². The lowest BCUT2D eigenvalue weighted by molar-refractivity contribution is -0.141. The Balaban J connectivity index is 1.76. The normalized spacial score (nSPS) is 31.5. The van der Waals surface area contributed by atoms with Gasteiger partial charge in [0.1, 0.15) is 12.4 Å². The Bertz CT molecular complexity index is 765. The van der Waals surface area contributed by atoms with Crippen LogP contribution in [0.2, 0.25) is 0 Å². The van der Waals surface area contributed by atoms with Crippen molar-refractivity contribution in [1.82, 2.24) is 0 Å². The summed E-state index contributed by atoms with van der Waals surface area (Å²) in [4.78, 5) is 0. The molecule has 0 unspecified atom stereocenters. The van der Waals surface area contributed by atoms with Crippen LogP contribution in [-0.4, -0.2) is 13.2 Å². The van der Waals surface area contributed by atoms with E-state index in [-0.39, 0.29) is 5.60 Å². The fraction of sp³-hybridized carbons (Fsp3) is 0.364. The molecule has 2 aliphatic carbocycles. The number of allylic oxidation sites excluding steroid dienone is 1. The van der Waals surface area contributed by atoms with Crippen molar-refractivity contribution in [2.24, 2.45) is 11.8 Å². The topological polar surface area (TPSA) is 18.5 Å². The second-order valence-corrected chi connectivity index (χ2v) is 7.05. The van der Waals surface area contributed by atoms with Crippen LogP contribution >= 0.6 is 0 Å². The summed E-state index contributed by atoms with van der Waals surface area (Å²) in [6, 6.07) is 21.5. The summed E-state index contributed by atoms with van der Waals surface area (Å²) in [7, 11) is 0. The van der Waals surface area contributed by atoms with Gasteiger partial charge in [-0.3, -0.25) is 0 Å². The third-order valence-electron chi connectivity index (χ3n) is 5.94. The molecule has 24 heavy (non-hydrogen) atoms. The van der Waals surface area contributed by atoms with E-state index in [0.717, 1.165) is 5.76 Å². The Morgan fingerprint density at radius 3 is 2.38 bits per heavy atom. The first-order chi connectivity index (χ1) is 11.9. The predicted molar refractivity (Wildman–Crippen MR) is 94.2 cm³/mol. The molecular weight excluding hydrogens is 296 g/mol. The Hall–Kier alpha value is -2.06. The van der Waals surface area contributed by atoms with Gasteiger partial charge in [0, 0.05) is 11.5 Å². The zero-order valence-corrected chi connectivity index (χ0v) is 13.8. The highest BCUT2D eigenvalue weighted by Gasteiger charge is 2.59. The van der Waals surface area contributed by atoms with Gasteiger partial charge in [0.15, 0.2) is 5.60 Å². The lowest BCUT2D eigenvalue weighted by Crippen LogP contribution is -2.42. The Labute approximate surface area is 143 Å². The molecule has 3 aliphatic rings. The van der Waals surface area contributed by atoms with Crippen LogP contribution in [0.3, 0.4) is 0 Å². The third kappa shape index (κ3) is 1.86. The Morgan fingerprint density at radius 1 is 0.833 bits per heavy atom.